The van der Waals surface area contributed by atoms with E-state index in [-0.39, 0.29) is 5.82 Å². The molecule has 0 bridgehead atoms. The number of rotatable bonds is 4. The van der Waals surface area contributed by atoms with E-state index in [1.54, 1.807) is 18.3 Å². The molecule has 0 aliphatic rings. The van der Waals surface area contributed by atoms with Crippen LogP contribution in [0.2, 0.25) is 0 Å². The number of nitrogens with zero attached hydrogens (tertiary/aromatic N) is 1. The Hall–Kier alpha value is -1.94. The molecule has 0 fully saturated rings. The van der Waals surface area contributed by atoms with Crippen LogP contribution in [0.3, 0.4) is 0 Å². The molecule has 0 saturated heterocycles. The molecule has 0 radical (unpaired) electrons. The van der Waals surface area contributed by atoms with Crippen LogP contribution in [0, 0.1) is 5.82 Å². The Morgan fingerprint density at radius 1 is 1.28 bits per heavy atom. The van der Waals surface area contributed by atoms with Crippen molar-refractivity contribution in [3.63, 3.8) is 0 Å². The van der Waals surface area contributed by atoms with E-state index in [9.17, 15) is 4.39 Å². The molecule has 0 amide bonds. The summed E-state index contributed by atoms with van der Waals surface area (Å²) in [5, 5.41) is 0. The normalized spacial score (nSPS) is 10.4. The first-order valence-electron chi connectivity index (χ1n) is 5.82. The van der Waals surface area contributed by atoms with Gasteiger partial charge >= 0.3 is 0 Å². The Morgan fingerprint density at radius 3 is 2.61 bits per heavy atom. The van der Waals surface area contributed by atoms with E-state index >= 15 is 0 Å². The first-order chi connectivity index (χ1) is 8.74. The lowest BCUT2D eigenvalue weighted by Crippen LogP contribution is -2.03. The van der Waals surface area contributed by atoms with Crippen molar-refractivity contribution in [1.29, 1.82) is 0 Å². The molecule has 18 heavy (non-hydrogen) atoms. The molecule has 2 N–H and O–H groups in total. The Balaban J connectivity index is 2.37. The molecule has 4 heteroatoms. The lowest BCUT2D eigenvalue weighted by molar-refractivity contribution is 0.335. The summed E-state index contributed by atoms with van der Waals surface area (Å²) >= 11 is 0. The van der Waals surface area contributed by atoms with Crippen molar-refractivity contribution >= 4 is 0 Å². The maximum atomic E-state index is 12.9. The minimum absolute atomic E-state index is 0.260. The maximum Gasteiger partial charge on any atom is 0.142 e. The number of hydrogen-bond donors (Lipinski definition) is 1. The topological polar surface area (TPSA) is 48.1 Å². The molecule has 0 atom stereocenters. The van der Waals surface area contributed by atoms with Crippen LogP contribution in [0.25, 0.3) is 11.3 Å². The zero-order chi connectivity index (χ0) is 13.0. The molecule has 0 saturated carbocycles. The van der Waals surface area contributed by atoms with Gasteiger partial charge in [-0.05, 0) is 37.3 Å². The zero-order valence-electron chi connectivity index (χ0n) is 10.2. The second-order valence-electron chi connectivity index (χ2n) is 3.82. The predicted octanol–water partition coefficient (Wildman–Crippen LogP) is 2.75. The van der Waals surface area contributed by atoms with Crippen molar-refractivity contribution in [2.24, 2.45) is 5.73 Å². The van der Waals surface area contributed by atoms with Gasteiger partial charge in [0.1, 0.15) is 11.6 Å². The lowest BCUT2D eigenvalue weighted by atomic mass is 10.1. The number of benzene rings is 1. The molecule has 0 spiro atoms. The van der Waals surface area contributed by atoms with Gasteiger partial charge in [0, 0.05) is 17.7 Å². The van der Waals surface area contributed by atoms with Crippen molar-refractivity contribution in [2.45, 2.75) is 13.5 Å². The molecular formula is C14H15FN2O. The highest BCUT2D eigenvalue weighted by Crippen LogP contribution is 2.24. The second-order valence-corrected chi connectivity index (χ2v) is 3.82. The monoisotopic (exact) mass is 246 g/mol. The minimum atomic E-state index is -0.260. The fourth-order valence-corrected chi connectivity index (χ4v) is 1.71. The summed E-state index contributed by atoms with van der Waals surface area (Å²) in [6.45, 7) is 2.87. The first kappa shape index (κ1) is 12.5. The highest BCUT2D eigenvalue weighted by molar-refractivity contribution is 5.60. The molecule has 0 unspecified atom stereocenters. The number of aromatic nitrogens is 1. The first-order valence-corrected chi connectivity index (χ1v) is 5.82. The van der Waals surface area contributed by atoms with Gasteiger partial charge in [0.2, 0.25) is 0 Å². The summed E-state index contributed by atoms with van der Waals surface area (Å²) in [5.41, 5.74) is 8.20. The Morgan fingerprint density at radius 2 is 2.00 bits per heavy atom. The zero-order valence-corrected chi connectivity index (χ0v) is 10.2. The summed E-state index contributed by atoms with van der Waals surface area (Å²) < 4.78 is 18.3. The van der Waals surface area contributed by atoms with E-state index in [4.69, 9.17) is 10.5 Å². The smallest absolute Gasteiger partial charge is 0.142 e. The molecule has 0 aliphatic carbocycles. The van der Waals surface area contributed by atoms with Gasteiger partial charge < -0.3 is 10.5 Å². The standard InChI is InChI=1S/C14H15FN2O/c1-2-18-14-9-17-13(7-11(14)8-16)10-3-5-12(15)6-4-10/h3-7,9H,2,8,16H2,1H3. The summed E-state index contributed by atoms with van der Waals surface area (Å²) in [6, 6.07) is 8.08. The molecule has 2 aromatic rings. The number of nitrogens with two attached hydrogens (primary N) is 1. The Kier molecular flexibility index (Phi) is 3.89. The van der Waals surface area contributed by atoms with E-state index in [2.05, 4.69) is 4.98 Å². The van der Waals surface area contributed by atoms with Crippen molar-refractivity contribution < 1.29 is 9.13 Å². The lowest BCUT2D eigenvalue weighted by Gasteiger charge is -2.10. The van der Waals surface area contributed by atoms with Gasteiger partial charge in [-0.2, -0.15) is 0 Å². The molecule has 2 rings (SSSR count). The quantitative estimate of drug-likeness (QED) is 0.902. The Labute approximate surface area is 105 Å². The van der Waals surface area contributed by atoms with Gasteiger partial charge in [-0.25, -0.2) is 4.39 Å². The third-order valence-electron chi connectivity index (χ3n) is 2.61. The highest BCUT2D eigenvalue weighted by Gasteiger charge is 2.06. The van der Waals surface area contributed by atoms with Crippen LogP contribution in [0.1, 0.15) is 12.5 Å². The fourth-order valence-electron chi connectivity index (χ4n) is 1.71. The molecular weight excluding hydrogens is 231 g/mol. The molecule has 1 aromatic heterocycles. The van der Waals surface area contributed by atoms with Crippen LogP contribution in [0.15, 0.2) is 36.5 Å². The third kappa shape index (κ3) is 2.65. The van der Waals surface area contributed by atoms with Crippen molar-refractivity contribution in [3.8, 4) is 17.0 Å². The van der Waals surface area contributed by atoms with Crippen LogP contribution in [-0.2, 0) is 6.54 Å². The van der Waals surface area contributed by atoms with Crippen molar-refractivity contribution in [1.82, 2.24) is 4.98 Å². The fraction of sp³-hybridized carbons (Fsp3) is 0.214. The second kappa shape index (κ2) is 5.60. The molecule has 0 aliphatic heterocycles. The van der Waals surface area contributed by atoms with E-state index in [1.807, 2.05) is 13.0 Å². The number of pyridine rings is 1. The highest BCUT2D eigenvalue weighted by atomic mass is 19.1. The van der Waals surface area contributed by atoms with Crippen LogP contribution in [-0.4, -0.2) is 11.6 Å². The van der Waals surface area contributed by atoms with E-state index in [0.29, 0.717) is 18.9 Å². The van der Waals surface area contributed by atoms with Crippen LogP contribution >= 0.6 is 0 Å². The van der Waals surface area contributed by atoms with E-state index < -0.39 is 0 Å². The summed E-state index contributed by atoms with van der Waals surface area (Å²) in [4.78, 5) is 4.30. The van der Waals surface area contributed by atoms with Gasteiger partial charge in [0.15, 0.2) is 0 Å². The maximum absolute atomic E-state index is 12.9. The average Bonchev–Trinajstić information content (AvgIpc) is 2.40. The summed E-state index contributed by atoms with van der Waals surface area (Å²) in [6.07, 6.45) is 1.66. The van der Waals surface area contributed by atoms with Crippen LogP contribution < -0.4 is 10.5 Å². The number of halogens is 1. The summed E-state index contributed by atoms with van der Waals surface area (Å²) in [5.74, 6) is 0.439. The van der Waals surface area contributed by atoms with Gasteiger partial charge in [0.05, 0.1) is 18.5 Å². The van der Waals surface area contributed by atoms with Gasteiger partial charge in [-0.1, -0.05) is 0 Å². The van der Waals surface area contributed by atoms with Gasteiger partial charge in [0.25, 0.3) is 0 Å². The minimum Gasteiger partial charge on any atom is -0.492 e. The Bertz CT molecular complexity index is 526. The van der Waals surface area contributed by atoms with Crippen molar-refractivity contribution in [3.05, 3.63) is 47.9 Å². The number of ether oxygens (including phenoxy) is 1. The summed E-state index contributed by atoms with van der Waals surface area (Å²) in [7, 11) is 0. The van der Waals surface area contributed by atoms with Crippen LogP contribution in [0.5, 0.6) is 5.75 Å². The van der Waals surface area contributed by atoms with E-state index in [1.165, 1.54) is 12.1 Å². The van der Waals surface area contributed by atoms with Gasteiger partial charge in [-0.3, -0.25) is 4.98 Å². The largest absolute Gasteiger partial charge is 0.492 e. The average molecular weight is 246 g/mol. The predicted molar refractivity (Wildman–Crippen MR) is 68.7 cm³/mol. The number of hydrogen-bond acceptors (Lipinski definition) is 3. The van der Waals surface area contributed by atoms with Crippen LogP contribution in [0.4, 0.5) is 4.39 Å². The SMILES string of the molecule is CCOc1cnc(-c2ccc(F)cc2)cc1CN. The van der Waals surface area contributed by atoms with Gasteiger partial charge in [-0.15, -0.1) is 0 Å². The van der Waals surface area contributed by atoms with E-state index in [0.717, 1.165) is 16.8 Å². The molecule has 1 heterocycles. The van der Waals surface area contributed by atoms with Crippen molar-refractivity contribution in [2.75, 3.05) is 6.61 Å². The molecule has 94 valence electrons. The molecule has 1 aromatic carbocycles. The molecule has 3 nitrogen and oxygen atoms in total. The third-order valence-corrected chi connectivity index (χ3v) is 2.61.